The van der Waals surface area contributed by atoms with Gasteiger partial charge in [-0.3, -0.25) is 14.3 Å². The molecule has 1 N–H and O–H groups in total. The summed E-state index contributed by atoms with van der Waals surface area (Å²) < 4.78 is 24.3. The van der Waals surface area contributed by atoms with E-state index in [2.05, 4.69) is 5.32 Å². The molecule has 0 spiro atoms. The molecule has 0 bridgehead atoms. The number of nitrogens with zero attached hydrogens (tertiary/aromatic N) is 1. The van der Waals surface area contributed by atoms with Crippen molar-refractivity contribution in [2.45, 2.75) is 38.5 Å². The van der Waals surface area contributed by atoms with Gasteiger partial charge in [0, 0.05) is 28.9 Å². The molecule has 1 aliphatic rings. The lowest BCUT2D eigenvalue weighted by Crippen LogP contribution is -2.39. The van der Waals surface area contributed by atoms with Crippen molar-refractivity contribution >= 4 is 16.7 Å². The molecule has 1 fully saturated rings. The minimum absolute atomic E-state index is 0.0195. The largest absolute Gasteiger partial charge is 0.319 e. The van der Waals surface area contributed by atoms with Crippen LogP contribution in [0.4, 0.5) is 4.39 Å². The van der Waals surface area contributed by atoms with Crippen LogP contribution in [0.3, 0.4) is 0 Å². The zero-order valence-corrected chi connectivity index (χ0v) is 13.3. The number of carbonyl (C=O) groups is 1. The van der Waals surface area contributed by atoms with Gasteiger partial charge in [0.1, 0.15) is 12.0 Å². The molecule has 0 saturated carbocycles. The van der Waals surface area contributed by atoms with Crippen LogP contribution in [0.1, 0.15) is 32.0 Å². The van der Waals surface area contributed by atoms with Gasteiger partial charge in [-0.05, 0) is 38.0 Å². The number of carbonyl (C=O) groups excluding carboxylic acids is 1. The molecule has 4 atom stereocenters. The molecule has 6 heteroatoms. The van der Waals surface area contributed by atoms with Crippen LogP contribution < -0.4 is 5.32 Å². The molecule has 0 aliphatic carbocycles. The standard InChI is InChI=1S/C15H21FN2O2S/c1-10(8-9-21(3)20)18-14(17-11(2)15(18)19)12-4-6-13(16)7-5-12/h4-7,10-11,14,17H,8-9H2,1-3H3. The van der Waals surface area contributed by atoms with Crippen molar-refractivity contribution in [3.05, 3.63) is 35.6 Å². The highest BCUT2D eigenvalue weighted by Crippen LogP contribution is 2.28. The van der Waals surface area contributed by atoms with Crippen LogP contribution in [0.2, 0.25) is 0 Å². The monoisotopic (exact) mass is 312 g/mol. The van der Waals surface area contributed by atoms with Gasteiger partial charge in [-0.25, -0.2) is 4.39 Å². The van der Waals surface area contributed by atoms with Crippen LogP contribution in [-0.4, -0.2) is 39.1 Å². The van der Waals surface area contributed by atoms with Gasteiger partial charge in [0.2, 0.25) is 5.91 Å². The molecule has 1 aromatic carbocycles. The Morgan fingerprint density at radius 1 is 1.38 bits per heavy atom. The number of amides is 1. The fourth-order valence-corrected chi connectivity index (χ4v) is 3.26. The van der Waals surface area contributed by atoms with Crippen molar-refractivity contribution in [3.8, 4) is 0 Å². The van der Waals surface area contributed by atoms with Gasteiger partial charge < -0.3 is 4.90 Å². The number of hydrogen-bond donors (Lipinski definition) is 1. The number of nitrogens with one attached hydrogen (secondary N) is 1. The zero-order chi connectivity index (χ0) is 15.6. The highest BCUT2D eigenvalue weighted by atomic mass is 32.2. The van der Waals surface area contributed by atoms with E-state index in [0.29, 0.717) is 12.2 Å². The molecule has 4 unspecified atom stereocenters. The summed E-state index contributed by atoms with van der Waals surface area (Å²) in [6, 6.07) is 5.89. The maximum Gasteiger partial charge on any atom is 0.241 e. The molecule has 1 aliphatic heterocycles. The molecule has 2 rings (SSSR count). The van der Waals surface area contributed by atoms with Crippen LogP contribution >= 0.6 is 0 Å². The molecule has 21 heavy (non-hydrogen) atoms. The SMILES string of the molecule is CC1NC(c2ccc(F)cc2)N(C(C)CCS(C)=O)C1=O. The first-order valence-corrected chi connectivity index (χ1v) is 8.76. The second-order valence-corrected chi connectivity index (χ2v) is 7.06. The van der Waals surface area contributed by atoms with Crippen molar-refractivity contribution in [1.82, 2.24) is 10.2 Å². The maximum atomic E-state index is 13.1. The Kier molecular flexibility index (Phi) is 5.11. The minimum atomic E-state index is -0.873. The summed E-state index contributed by atoms with van der Waals surface area (Å²) in [6.07, 6.45) is 2.09. The fourth-order valence-electron chi connectivity index (χ4n) is 2.59. The molecule has 1 heterocycles. The lowest BCUT2D eigenvalue weighted by molar-refractivity contribution is -0.131. The molecule has 0 radical (unpaired) electrons. The summed E-state index contributed by atoms with van der Waals surface area (Å²) in [4.78, 5) is 14.1. The molecule has 1 amide bonds. The molecule has 1 saturated heterocycles. The highest BCUT2D eigenvalue weighted by Gasteiger charge is 2.39. The van der Waals surface area contributed by atoms with Crippen LogP contribution in [-0.2, 0) is 15.6 Å². The smallest absolute Gasteiger partial charge is 0.241 e. The minimum Gasteiger partial charge on any atom is -0.319 e. The van der Waals surface area contributed by atoms with Crippen molar-refractivity contribution in [3.63, 3.8) is 0 Å². The van der Waals surface area contributed by atoms with E-state index in [-0.39, 0.29) is 30.0 Å². The molecular formula is C15H21FN2O2S. The lowest BCUT2D eigenvalue weighted by atomic mass is 10.1. The average molecular weight is 312 g/mol. The summed E-state index contributed by atoms with van der Waals surface area (Å²) in [5.74, 6) is 0.297. The Bertz CT molecular complexity index is 535. The Morgan fingerprint density at radius 2 is 2.00 bits per heavy atom. The van der Waals surface area contributed by atoms with Crippen molar-refractivity contribution < 1.29 is 13.4 Å². The first-order chi connectivity index (χ1) is 9.90. The Labute approximate surface area is 127 Å². The van der Waals surface area contributed by atoms with Crippen molar-refractivity contribution in [2.24, 2.45) is 0 Å². The normalized spacial score (nSPS) is 25.1. The molecular weight excluding hydrogens is 291 g/mol. The predicted molar refractivity (Wildman–Crippen MR) is 81.6 cm³/mol. The predicted octanol–water partition coefficient (Wildman–Crippen LogP) is 1.80. The highest BCUT2D eigenvalue weighted by molar-refractivity contribution is 7.84. The van der Waals surface area contributed by atoms with E-state index < -0.39 is 10.8 Å². The number of benzene rings is 1. The van der Waals surface area contributed by atoms with E-state index in [1.165, 1.54) is 12.1 Å². The summed E-state index contributed by atoms with van der Waals surface area (Å²) in [6.45, 7) is 3.78. The van der Waals surface area contributed by atoms with Gasteiger partial charge >= 0.3 is 0 Å². The topological polar surface area (TPSA) is 49.4 Å². The van der Waals surface area contributed by atoms with E-state index in [0.717, 1.165) is 5.56 Å². The number of halogens is 1. The summed E-state index contributed by atoms with van der Waals surface area (Å²) in [7, 11) is -0.873. The van der Waals surface area contributed by atoms with Crippen LogP contribution in [0, 0.1) is 5.82 Å². The van der Waals surface area contributed by atoms with Gasteiger partial charge in [0.05, 0.1) is 6.04 Å². The summed E-state index contributed by atoms with van der Waals surface area (Å²) in [5, 5.41) is 3.24. The van der Waals surface area contributed by atoms with Crippen LogP contribution in [0.5, 0.6) is 0 Å². The Hall–Kier alpha value is -1.27. The van der Waals surface area contributed by atoms with Crippen molar-refractivity contribution in [1.29, 1.82) is 0 Å². The fraction of sp³-hybridized carbons (Fsp3) is 0.533. The lowest BCUT2D eigenvalue weighted by Gasteiger charge is -2.30. The first kappa shape index (κ1) is 16.1. The number of hydrogen-bond acceptors (Lipinski definition) is 3. The van der Waals surface area contributed by atoms with E-state index in [4.69, 9.17) is 0 Å². The Balaban J connectivity index is 2.20. The van der Waals surface area contributed by atoms with E-state index in [9.17, 15) is 13.4 Å². The first-order valence-electron chi connectivity index (χ1n) is 7.04. The zero-order valence-electron chi connectivity index (χ0n) is 12.5. The summed E-state index contributed by atoms with van der Waals surface area (Å²) in [5.41, 5.74) is 0.860. The average Bonchev–Trinajstić information content (AvgIpc) is 2.73. The van der Waals surface area contributed by atoms with E-state index >= 15 is 0 Å². The van der Waals surface area contributed by atoms with E-state index in [1.54, 1.807) is 23.3 Å². The quantitative estimate of drug-likeness (QED) is 0.902. The van der Waals surface area contributed by atoms with Crippen LogP contribution in [0.15, 0.2) is 24.3 Å². The molecule has 1 aromatic rings. The molecule has 4 nitrogen and oxygen atoms in total. The van der Waals surface area contributed by atoms with Crippen molar-refractivity contribution in [2.75, 3.05) is 12.0 Å². The van der Waals surface area contributed by atoms with Gasteiger partial charge in [-0.1, -0.05) is 12.1 Å². The molecule has 116 valence electrons. The third-order valence-corrected chi connectivity index (χ3v) is 4.61. The second-order valence-electron chi connectivity index (χ2n) is 5.50. The maximum absolute atomic E-state index is 13.1. The third kappa shape index (κ3) is 3.68. The van der Waals surface area contributed by atoms with Crippen LogP contribution in [0.25, 0.3) is 0 Å². The van der Waals surface area contributed by atoms with E-state index in [1.807, 2.05) is 13.8 Å². The Morgan fingerprint density at radius 3 is 2.57 bits per heavy atom. The number of rotatable bonds is 5. The van der Waals surface area contributed by atoms with Gasteiger partial charge in [-0.15, -0.1) is 0 Å². The third-order valence-electron chi connectivity index (χ3n) is 3.79. The van der Waals surface area contributed by atoms with Gasteiger partial charge in [-0.2, -0.15) is 0 Å². The van der Waals surface area contributed by atoms with Gasteiger partial charge in [0.25, 0.3) is 0 Å². The molecule has 0 aromatic heterocycles. The van der Waals surface area contributed by atoms with Gasteiger partial charge in [0.15, 0.2) is 0 Å². The second kappa shape index (κ2) is 6.66. The summed E-state index contributed by atoms with van der Waals surface area (Å²) >= 11 is 0.